The number of hydrogen-bond donors (Lipinski definition) is 0. The van der Waals surface area contributed by atoms with Gasteiger partial charge >= 0.3 is 5.97 Å². The fourth-order valence-electron chi connectivity index (χ4n) is 3.96. The predicted octanol–water partition coefficient (Wildman–Crippen LogP) is 2.99. The van der Waals surface area contributed by atoms with Crippen LogP contribution in [0.4, 0.5) is 0 Å². The van der Waals surface area contributed by atoms with Crippen LogP contribution in [0.25, 0.3) is 6.08 Å². The van der Waals surface area contributed by atoms with Gasteiger partial charge in [0.15, 0.2) is 16.3 Å². The first kappa shape index (κ1) is 24.4. The van der Waals surface area contributed by atoms with Crippen LogP contribution >= 0.6 is 11.3 Å². The van der Waals surface area contributed by atoms with Crippen molar-refractivity contribution in [3.05, 3.63) is 84.8 Å². The molecule has 0 N–H and O–H groups in total. The molecular weight excluding hydrogens is 466 g/mol. The van der Waals surface area contributed by atoms with Crippen LogP contribution in [-0.2, 0) is 9.53 Å². The highest BCUT2D eigenvalue weighted by atomic mass is 32.1. The Morgan fingerprint density at radius 2 is 1.89 bits per heavy atom. The molecule has 0 fully saturated rings. The average Bonchev–Trinajstić information content (AvgIpc) is 3.14. The lowest BCUT2D eigenvalue weighted by Crippen LogP contribution is -2.40. The summed E-state index contributed by atoms with van der Waals surface area (Å²) in [7, 11) is 0. The van der Waals surface area contributed by atoms with Gasteiger partial charge < -0.3 is 14.2 Å². The topological polar surface area (TPSA) is 92.0 Å². The Hall–Kier alpha value is -3.72. The van der Waals surface area contributed by atoms with Crippen LogP contribution in [0.15, 0.2) is 63.8 Å². The summed E-state index contributed by atoms with van der Waals surface area (Å²) in [5.74, 6) is 0.634. The Morgan fingerprint density at radius 1 is 1.11 bits per heavy atom. The fraction of sp³-hybridized carbons (Fsp3) is 0.308. The molecule has 35 heavy (non-hydrogen) atoms. The quantitative estimate of drug-likeness (QED) is 0.448. The smallest absolute Gasteiger partial charge is 0.338 e. The Kier molecular flexibility index (Phi) is 7.45. The maximum Gasteiger partial charge on any atom is 0.338 e. The largest absolute Gasteiger partial charge is 0.490 e. The number of aromatic nitrogens is 2. The van der Waals surface area contributed by atoms with Crippen LogP contribution in [-0.4, -0.2) is 35.3 Å². The lowest BCUT2D eigenvalue weighted by molar-refractivity contribution is -0.139. The van der Waals surface area contributed by atoms with Gasteiger partial charge in [-0.3, -0.25) is 14.3 Å². The van der Waals surface area contributed by atoms with Crippen molar-refractivity contribution in [2.75, 3.05) is 19.8 Å². The summed E-state index contributed by atoms with van der Waals surface area (Å²) in [6.07, 6.45) is 5.14. The van der Waals surface area contributed by atoms with Crippen molar-refractivity contribution in [2.45, 2.75) is 33.7 Å². The molecule has 1 aromatic carbocycles. The summed E-state index contributed by atoms with van der Waals surface area (Å²) in [5.41, 5.74) is 2.08. The van der Waals surface area contributed by atoms with Crippen molar-refractivity contribution in [1.82, 2.24) is 9.55 Å². The number of allylic oxidation sites excluding steroid dienone is 1. The van der Waals surface area contributed by atoms with E-state index >= 15 is 0 Å². The molecule has 3 heterocycles. The average molecular weight is 494 g/mol. The molecule has 0 saturated carbocycles. The minimum Gasteiger partial charge on any atom is -0.490 e. The highest BCUT2D eigenvalue weighted by molar-refractivity contribution is 7.07. The molecule has 0 amide bonds. The molecule has 0 spiro atoms. The molecular formula is C26H27N3O5S. The Balaban J connectivity index is 1.95. The van der Waals surface area contributed by atoms with Crippen LogP contribution in [0, 0.1) is 0 Å². The summed E-state index contributed by atoms with van der Waals surface area (Å²) >= 11 is 1.27. The first-order valence-corrected chi connectivity index (χ1v) is 12.3. The zero-order valence-electron chi connectivity index (χ0n) is 20.1. The maximum absolute atomic E-state index is 13.6. The van der Waals surface area contributed by atoms with E-state index in [0.29, 0.717) is 50.9 Å². The first-order chi connectivity index (χ1) is 17.0. The van der Waals surface area contributed by atoms with Gasteiger partial charge in [-0.15, -0.1) is 0 Å². The van der Waals surface area contributed by atoms with Crippen molar-refractivity contribution < 1.29 is 19.0 Å². The van der Waals surface area contributed by atoms with E-state index in [0.717, 1.165) is 5.56 Å². The minimum atomic E-state index is -0.726. The molecule has 9 heteroatoms. The molecule has 0 aliphatic carbocycles. The molecule has 1 atom stereocenters. The van der Waals surface area contributed by atoms with E-state index in [1.165, 1.54) is 11.3 Å². The summed E-state index contributed by atoms with van der Waals surface area (Å²) < 4.78 is 18.9. The number of esters is 1. The third kappa shape index (κ3) is 4.90. The van der Waals surface area contributed by atoms with E-state index in [2.05, 4.69) is 9.98 Å². The normalized spacial score (nSPS) is 15.4. The molecule has 8 nitrogen and oxygen atoms in total. The molecule has 1 aliphatic rings. The lowest BCUT2D eigenvalue weighted by atomic mass is 9.95. The second-order valence-electron chi connectivity index (χ2n) is 7.66. The molecule has 0 bridgehead atoms. The minimum absolute atomic E-state index is 0.210. The van der Waals surface area contributed by atoms with Gasteiger partial charge in [-0.2, -0.15) is 0 Å². The number of benzene rings is 1. The van der Waals surface area contributed by atoms with Crippen LogP contribution in [0.1, 0.15) is 44.9 Å². The number of carbonyl (C=O) groups is 1. The molecule has 3 aromatic rings. The standard InChI is InChI=1S/C26H27N3O5S/c1-5-32-19-11-10-18(14-20(19)33-6-2)23-22(25(31)34-7-3)16(4)28-26-29(23)24(30)21(35-26)13-17-9-8-12-27-15-17/h8-15,23H,5-7H2,1-4H3. The van der Waals surface area contributed by atoms with Crippen LogP contribution in [0.2, 0.25) is 0 Å². The molecule has 1 aliphatic heterocycles. The van der Waals surface area contributed by atoms with Gasteiger partial charge in [-0.1, -0.05) is 23.5 Å². The number of nitrogens with zero attached hydrogens (tertiary/aromatic N) is 3. The van der Waals surface area contributed by atoms with E-state index in [4.69, 9.17) is 14.2 Å². The van der Waals surface area contributed by atoms with Crippen molar-refractivity contribution in [2.24, 2.45) is 4.99 Å². The van der Waals surface area contributed by atoms with Gasteiger partial charge in [-0.25, -0.2) is 9.79 Å². The predicted molar refractivity (Wildman–Crippen MR) is 133 cm³/mol. The first-order valence-electron chi connectivity index (χ1n) is 11.5. The number of thiazole rings is 1. The fourth-order valence-corrected chi connectivity index (χ4v) is 5.00. The molecule has 2 aromatic heterocycles. The van der Waals surface area contributed by atoms with Crippen LogP contribution < -0.4 is 24.4 Å². The summed E-state index contributed by atoms with van der Waals surface area (Å²) in [4.78, 5) is 35.9. The van der Waals surface area contributed by atoms with Gasteiger partial charge in [0.1, 0.15) is 0 Å². The molecule has 1 unspecified atom stereocenters. The zero-order chi connectivity index (χ0) is 24.9. The Labute approximate surface area is 206 Å². The number of ether oxygens (including phenoxy) is 3. The molecule has 0 saturated heterocycles. The van der Waals surface area contributed by atoms with Gasteiger partial charge in [-0.05, 0) is 63.1 Å². The SMILES string of the molecule is CCOC(=O)C1=C(C)N=c2sc(=Cc3cccnc3)c(=O)n2C1c1ccc(OCC)c(OCC)c1. The number of carbonyl (C=O) groups excluding carboxylic acids is 1. The van der Waals surface area contributed by atoms with Gasteiger partial charge in [0, 0.05) is 12.4 Å². The van der Waals surface area contributed by atoms with Crippen molar-refractivity contribution in [3.8, 4) is 11.5 Å². The zero-order valence-corrected chi connectivity index (χ0v) is 20.9. The van der Waals surface area contributed by atoms with Crippen molar-refractivity contribution in [1.29, 1.82) is 0 Å². The van der Waals surface area contributed by atoms with E-state index < -0.39 is 12.0 Å². The number of fused-ring (bicyclic) bond motifs is 1. The van der Waals surface area contributed by atoms with Crippen molar-refractivity contribution in [3.63, 3.8) is 0 Å². The molecule has 182 valence electrons. The Morgan fingerprint density at radius 3 is 2.57 bits per heavy atom. The maximum atomic E-state index is 13.6. The van der Waals surface area contributed by atoms with E-state index in [1.807, 2.05) is 38.1 Å². The summed E-state index contributed by atoms with van der Waals surface area (Å²) in [6.45, 7) is 8.42. The number of pyridine rings is 1. The molecule has 0 radical (unpaired) electrons. The Bertz CT molecular complexity index is 1440. The highest BCUT2D eigenvalue weighted by Gasteiger charge is 2.34. The third-order valence-electron chi connectivity index (χ3n) is 5.38. The summed E-state index contributed by atoms with van der Waals surface area (Å²) in [5, 5.41) is 0. The van der Waals surface area contributed by atoms with E-state index in [1.54, 1.807) is 43.0 Å². The van der Waals surface area contributed by atoms with Crippen molar-refractivity contribution >= 4 is 23.4 Å². The third-order valence-corrected chi connectivity index (χ3v) is 6.37. The van der Waals surface area contributed by atoms with E-state index in [9.17, 15) is 9.59 Å². The van der Waals surface area contributed by atoms with Crippen LogP contribution in [0.3, 0.4) is 0 Å². The monoisotopic (exact) mass is 493 g/mol. The van der Waals surface area contributed by atoms with Gasteiger partial charge in [0.2, 0.25) is 0 Å². The van der Waals surface area contributed by atoms with E-state index in [-0.39, 0.29) is 12.2 Å². The van der Waals surface area contributed by atoms with Gasteiger partial charge in [0.05, 0.1) is 41.7 Å². The second-order valence-corrected chi connectivity index (χ2v) is 8.67. The second kappa shape index (κ2) is 10.7. The number of hydrogen-bond acceptors (Lipinski definition) is 8. The van der Waals surface area contributed by atoms with Gasteiger partial charge in [0.25, 0.3) is 5.56 Å². The lowest BCUT2D eigenvalue weighted by Gasteiger charge is -2.25. The van der Waals surface area contributed by atoms with Crippen LogP contribution in [0.5, 0.6) is 11.5 Å². The highest BCUT2D eigenvalue weighted by Crippen LogP contribution is 2.36. The number of rotatable bonds is 8. The summed E-state index contributed by atoms with van der Waals surface area (Å²) in [6, 6.07) is 8.41. The molecule has 4 rings (SSSR count).